The van der Waals surface area contributed by atoms with Crippen molar-refractivity contribution in [2.75, 3.05) is 25.0 Å². The fourth-order valence-corrected chi connectivity index (χ4v) is 4.36. The molecule has 5 nitrogen and oxygen atoms in total. The average molecular weight is 294 g/mol. The third kappa shape index (κ3) is 2.33. The van der Waals surface area contributed by atoms with Crippen molar-refractivity contribution in [3.05, 3.63) is 30.3 Å². The summed E-state index contributed by atoms with van der Waals surface area (Å²) in [5.74, 6) is -0.229. The van der Waals surface area contributed by atoms with Gasteiger partial charge in [0.05, 0.1) is 11.2 Å². The molecule has 0 N–H and O–H groups in total. The molecule has 0 radical (unpaired) electrons. The molecule has 0 bridgehead atoms. The molecule has 6 heteroatoms. The first-order valence-electron chi connectivity index (χ1n) is 6.81. The van der Waals surface area contributed by atoms with Crippen LogP contribution in [0.3, 0.4) is 0 Å². The van der Waals surface area contributed by atoms with Gasteiger partial charge in [0.15, 0.2) is 0 Å². The Kier molecular flexibility index (Phi) is 3.30. The van der Waals surface area contributed by atoms with Gasteiger partial charge in [-0.05, 0) is 25.0 Å². The number of benzene rings is 1. The average Bonchev–Trinajstić information content (AvgIpc) is 3.21. The van der Waals surface area contributed by atoms with Crippen LogP contribution in [0.5, 0.6) is 0 Å². The second kappa shape index (κ2) is 4.86. The number of rotatable bonds is 4. The van der Waals surface area contributed by atoms with Crippen molar-refractivity contribution in [3.63, 3.8) is 0 Å². The molecule has 20 heavy (non-hydrogen) atoms. The third-order valence-corrected chi connectivity index (χ3v) is 6.31. The molecular formula is C14H18N2O3S. The molecule has 108 valence electrons. The molecule has 2 aliphatic rings. The maximum Gasteiger partial charge on any atom is 0.232 e. The topological polar surface area (TPSA) is 57.7 Å². The van der Waals surface area contributed by atoms with Gasteiger partial charge in [-0.2, -0.15) is 4.31 Å². The SMILES string of the molecule is CN(C(=O)C1CN(S(=O)(=O)C2CC2)C1)c1ccccc1. The van der Waals surface area contributed by atoms with E-state index in [1.807, 2.05) is 30.3 Å². The van der Waals surface area contributed by atoms with Crippen molar-refractivity contribution < 1.29 is 13.2 Å². The zero-order valence-electron chi connectivity index (χ0n) is 11.4. The van der Waals surface area contributed by atoms with Crippen molar-refractivity contribution >= 4 is 21.6 Å². The van der Waals surface area contributed by atoms with Crippen molar-refractivity contribution in [2.24, 2.45) is 5.92 Å². The van der Waals surface area contributed by atoms with Gasteiger partial charge in [0, 0.05) is 25.8 Å². The lowest BCUT2D eigenvalue weighted by atomic mass is 10.0. The van der Waals surface area contributed by atoms with Gasteiger partial charge in [-0.1, -0.05) is 18.2 Å². The molecule has 0 aromatic heterocycles. The number of hydrogen-bond acceptors (Lipinski definition) is 3. The van der Waals surface area contributed by atoms with Crippen LogP contribution in [-0.2, 0) is 14.8 Å². The van der Waals surface area contributed by atoms with Gasteiger partial charge >= 0.3 is 0 Å². The van der Waals surface area contributed by atoms with E-state index in [-0.39, 0.29) is 17.1 Å². The Morgan fingerprint density at radius 3 is 2.35 bits per heavy atom. The van der Waals surface area contributed by atoms with Crippen LogP contribution in [0.1, 0.15) is 12.8 Å². The van der Waals surface area contributed by atoms with E-state index in [0.29, 0.717) is 13.1 Å². The molecule has 1 saturated carbocycles. The fourth-order valence-electron chi connectivity index (χ4n) is 2.43. The van der Waals surface area contributed by atoms with Crippen LogP contribution in [0.2, 0.25) is 0 Å². The summed E-state index contributed by atoms with van der Waals surface area (Å²) in [6.45, 7) is 0.656. The van der Waals surface area contributed by atoms with E-state index in [1.165, 1.54) is 4.31 Å². The highest BCUT2D eigenvalue weighted by Gasteiger charge is 2.47. The van der Waals surface area contributed by atoms with Crippen molar-refractivity contribution in [1.82, 2.24) is 4.31 Å². The smallest absolute Gasteiger partial charge is 0.232 e. The summed E-state index contributed by atoms with van der Waals surface area (Å²) in [7, 11) is -1.39. The minimum Gasteiger partial charge on any atom is -0.315 e. The molecule has 1 amide bonds. The van der Waals surface area contributed by atoms with E-state index in [9.17, 15) is 13.2 Å². The molecule has 1 aromatic carbocycles. The van der Waals surface area contributed by atoms with Crippen LogP contribution in [0.4, 0.5) is 5.69 Å². The molecule has 0 spiro atoms. The number of carbonyl (C=O) groups is 1. The number of para-hydroxylation sites is 1. The first kappa shape index (κ1) is 13.6. The maximum absolute atomic E-state index is 12.3. The lowest BCUT2D eigenvalue weighted by molar-refractivity contribution is -0.125. The van der Waals surface area contributed by atoms with Crippen molar-refractivity contribution in [3.8, 4) is 0 Å². The molecule has 1 heterocycles. The highest BCUT2D eigenvalue weighted by atomic mass is 32.2. The van der Waals surface area contributed by atoms with Crippen LogP contribution in [0.25, 0.3) is 0 Å². The summed E-state index contributed by atoms with van der Waals surface area (Å²) in [6, 6.07) is 9.40. The summed E-state index contributed by atoms with van der Waals surface area (Å²) < 4.78 is 25.4. The second-order valence-corrected chi connectivity index (χ2v) is 7.70. The third-order valence-electron chi connectivity index (χ3n) is 3.98. The number of carbonyl (C=O) groups excluding carboxylic acids is 1. The predicted octanol–water partition coefficient (Wildman–Crippen LogP) is 1.07. The number of hydrogen-bond donors (Lipinski definition) is 0. The monoisotopic (exact) mass is 294 g/mol. The Morgan fingerprint density at radius 2 is 1.80 bits per heavy atom. The van der Waals surface area contributed by atoms with Crippen molar-refractivity contribution in [2.45, 2.75) is 18.1 Å². The van der Waals surface area contributed by atoms with Gasteiger partial charge in [-0.25, -0.2) is 8.42 Å². The first-order chi connectivity index (χ1) is 9.50. The minimum atomic E-state index is -3.12. The van der Waals surface area contributed by atoms with E-state index in [1.54, 1.807) is 11.9 Å². The number of nitrogens with zero attached hydrogens (tertiary/aromatic N) is 2. The largest absolute Gasteiger partial charge is 0.315 e. The summed E-state index contributed by atoms with van der Waals surface area (Å²) >= 11 is 0. The van der Waals surface area contributed by atoms with Crippen LogP contribution >= 0.6 is 0 Å². The molecule has 1 aromatic rings. The summed E-state index contributed by atoms with van der Waals surface area (Å²) in [5.41, 5.74) is 0.834. The van der Waals surface area contributed by atoms with E-state index in [0.717, 1.165) is 18.5 Å². The van der Waals surface area contributed by atoms with Crippen LogP contribution < -0.4 is 4.90 Å². The zero-order valence-corrected chi connectivity index (χ0v) is 12.2. The predicted molar refractivity (Wildman–Crippen MR) is 76.9 cm³/mol. The summed E-state index contributed by atoms with van der Waals surface area (Å²) in [5, 5.41) is -0.189. The van der Waals surface area contributed by atoms with Gasteiger partial charge < -0.3 is 4.90 Å². The molecule has 1 saturated heterocycles. The maximum atomic E-state index is 12.3. The Morgan fingerprint density at radius 1 is 1.20 bits per heavy atom. The highest BCUT2D eigenvalue weighted by molar-refractivity contribution is 7.90. The van der Waals surface area contributed by atoms with Crippen LogP contribution in [-0.4, -0.2) is 44.0 Å². The molecular weight excluding hydrogens is 276 g/mol. The number of anilines is 1. The summed E-state index contributed by atoms with van der Waals surface area (Å²) in [4.78, 5) is 13.9. The lowest BCUT2D eigenvalue weighted by Crippen LogP contribution is -2.56. The van der Waals surface area contributed by atoms with Crippen molar-refractivity contribution in [1.29, 1.82) is 0 Å². The Labute approximate surface area is 119 Å². The van der Waals surface area contributed by atoms with Gasteiger partial charge in [0.2, 0.25) is 15.9 Å². The second-order valence-electron chi connectivity index (χ2n) is 5.49. The zero-order chi connectivity index (χ0) is 14.3. The fraction of sp³-hybridized carbons (Fsp3) is 0.500. The normalized spacial score (nSPS) is 20.4. The lowest BCUT2D eigenvalue weighted by Gasteiger charge is -2.38. The quantitative estimate of drug-likeness (QED) is 0.835. The Balaban J connectivity index is 1.61. The van der Waals surface area contributed by atoms with Gasteiger partial charge in [-0.15, -0.1) is 0 Å². The Bertz CT molecular complexity index is 605. The standard InChI is InChI=1S/C14H18N2O3S/c1-15(12-5-3-2-4-6-12)14(17)11-9-16(10-11)20(18,19)13-7-8-13/h2-6,11,13H,7-10H2,1H3. The molecule has 3 rings (SSSR count). The molecule has 0 unspecified atom stereocenters. The number of amides is 1. The van der Waals surface area contributed by atoms with Crippen LogP contribution in [0, 0.1) is 5.92 Å². The Hall–Kier alpha value is -1.40. The molecule has 2 fully saturated rings. The number of sulfonamides is 1. The molecule has 1 aliphatic heterocycles. The molecule has 0 atom stereocenters. The van der Waals surface area contributed by atoms with E-state index >= 15 is 0 Å². The van der Waals surface area contributed by atoms with Gasteiger partial charge in [0.25, 0.3) is 0 Å². The van der Waals surface area contributed by atoms with E-state index < -0.39 is 10.0 Å². The van der Waals surface area contributed by atoms with Gasteiger partial charge in [0.1, 0.15) is 0 Å². The van der Waals surface area contributed by atoms with E-state index in [4.69, 9.17) is 0 Å². The summed E-state index contributed by atoms with van der Waals surface area (Å²) in [6.07, 6.45) is 1.53. The van der Waals surface area contributed by atoms with Crippen LogP contribution in [0.15, 0.2) is 30.3 Å². The first-order valence-corrected chi connectivity index (χ1v) is 8.32. The molecule has 1 aliphatic carbocycles. The highest BCUT2D eigenvalue weighted by Crippen LogP contribution is 2.35. The minimum absolute atomic E-state index is 0.0153. The van der Waals surface area contributed by atoms with E-state index in [2.05, 4.69) is 0 Å². The van der Waals surface area contributed by atoms with Gasteiger partial charge in [-0.3, -0.25) is 4.79 Å².